The van der Waals surface area contributed by atoms with E-state index in [1.807, 2.05) is 6.07 Å². The minimum atomic E-state index is 0.516. The zero-order valence-corrected chi connectivity index (χ0v) is 9.04. The number of benzene rings is 1. The number of fused-ring (bicyclic) bond motifs is 2. The Morgan fingerprint density at radius 3 is 2.47 bits per heavy atom. The normalized spacial score (nSPS) is 10.9. The van der Waals surface area contributed by atoms with E-state index in [-0.39, 0.29) is 0 Å². The molecule has 0 unspecified atom stereocenters. The van der Waals surface area contributed by atoms with Crippen LogP contribution >= 0.6 is 15.9 Å². The van der Waals surface area contributed by atoms with Crippen LogP contribution in [0.5, 0.6) is 0 Å². The van der Waals surface area contributed by atoms with Gasteiger partial charge in [0.05, 0.1) is 17.0 Å². The Morgan fingerprint density at radius 2 is 1.73 bits per heavy atom. The molecule has 3 rings (SSSR count). The first kappa shape index (κ1) is 8.57. The molecule has 3 nitrogen and oxygen atoms in total. The fourth-order valence-electron chi connectivity index (χ4n) is 1.71. The smallest absolute Gasteiger partial charge is 0.153 e. The van der Waals surface area contributed by atoms with Crippen LogP contribution in [0.2, 0.25) is 0 Å². The summed E-state index contributed by atoms with van der Waals surface area (Å²) >= 11 is 3.44. The van der Waals surface area contributed by atoms with Gasteiger partial charge in [0.1, 0.15) is 17.2 Å². The van der Waals surface area contributed by atoms with Gasteiger partial charge in [0.15, 0.2) is 5.58 Å². The molecule has 15 heavy (non-hydrogen) atoms. The highest BCUT2D eigenvalue weighted by atomic mass is 79.9. The quantitative estimate of drug-likeness (QED) is 0.618. The molecule has 2 aromatic heterocycles. The van der Waals surface area contributed by atoms with E-state index in [2.05, 4.69) is 22.0 Å². The van der Waals surface area contributed by atoms with Crippen molar-refractivity contribution in [3.8, 4) is 6.07 Å². The molecule has 0 aliphatic rings. The minimum Gasteiger partial charge on any atom is -0.463 e. The summed E-state index contributed by atoms with van der Waals surface area (Å²) in [6.45, 7) is 0. The maximum absolute atomic E-state index is 9.09. The third-order valence-electron chi connectivity index (χ3n) is 2.37. The second-order valence-corrected chi connectivity index (χ2v) is 3.92. The van der Waals surface area contributed by atoms with Crippen LogP contribution in [0.15, 0.2) is 38.0 Å². The monoisotopic (exact) mass is 261 g/mol. The van der Waals surface area contributed by atoms with Crippen molar-refractivity contribution in [1.82, 2.24) is 0 Å². The number of hydrogen-bond acceptors (Lipinski definition) is 3. The molecule has 0 N–H and O–H groups in total. The second kappa shape index (κ2) is 2.88. The summed E-state index contributed by atoms with van der Waals surface area (Å²) in [4.78, 5) is 0. The molecule has 0 saturated carbocycles. The van der Waals surface area contributed by atoms with Crippen molar-refractivity contribution >= 4 is 37.9 Å². The van der Waals surface area contributed by atoms with Gasteiger partial charge in [-0.2, -0.15) is 5.26 Å². The molecule has 1 aromatic carbocycles. The van der Waals surface area contributed by atoms with Gasteiger partial charge in [0.25, 0.3) is 0 Å². The predicted molar refractivity (Wildman–Crippen MR) is 58.4 cm³/mol. The zero-order chi connectivity index (χ0) is 10.4. The summed E-state index contributed by atoms with van der Waals surface area (Å²) in [5.41, 5.74) is 1.79. The molecular formula is C11H4BrNO2. The summed E-state index contributed by atoms with van der Waals surface area (Å²) in [7, 11) is 0. The van der Waals surface area contributed by atoms with E-state index in [9.17, 15) is 0 Å². The van der Waals surface area contributed by atoms with Gasteiger partial charge < -0.3 is 8.83 Å². The van der Waals surface area contributed by atoms with Crippen molar-refractivity contribution in [1.29, 1.82) is 5.26 Å². The number of rotatable bonds is 0. The SMILES string of the molecule is N#Cc1c2ccoc2c(Br)c2ccoc12. The van der Waals surface area contributed by atoms with Crippen LogP contribution < -0.4 is 0 Å². The second-order valence-electron chi connectivity index (χ2n) is 3.13. The van der Waals surface area contributed by atoms with Crippen LogP contribution in [0.1, 0.15) is 5.56 Å². The summed E-state index contributed by atoms with van der Waals surface area (Å²) in [5, 5.41) is 10.7. The predicted octanol–water partition coefficient (Wildman–Crippen LogP) is 3.81. The highest BCUT2D eigenvalue weighted by Gasteiger charge is 2.16. The Hall–Kier alpha value is -1.73. The van der Waals surface area contributed by atoms with Crippen molar-refractivity contribution < 1.29 is 8.83 Å². The summed E-state index contributed by atoms with van der Waals surface area (Å²) in [6.07, 6.45) is 3.13. The van der Waals surface area contributed by atoms with Crippen molar-refractivity contribution in [3.05, 3.63) is 34.7 Å². The lowest BCUT2D eigenvalue weighted by Gasteiger charge is -1.98. The fourth-order valence-corrected chi connectivity index (χ4v) is 2.33. The molecule has 0 fully saturated rings. The van der Waals surface area contributed by atoms with Crippen LogP contribution in [0.3, 0.4) is 0 Å². The maximum Gasteiger partial charge on any atom is 0.153 e. The molecule has 3 aromatic rings. The number of halogens is 1. The molecule has 0 radical (unpaired) electrons. The lowest BCUT2D eigenvalue weighted by molar-refractivity contribution is 0.610. The third-order valence-corrected chi connectivity index (χ3v) is 3.16. The van der Waals surface area contributed by atoms with Crippen LogP contribution in [-0.4, -0.2) is 0 Å². The van der Waals surface area contributed by atoms with Gasteiger partial charge in [-0.15, -0.1) is 0 Å². The Balaban J connectivity index is 2.72. The van der Waals surface area contributed by atoms with E-state index in [1.54, 1.807) is 18.6 Å². The maximum atomic E-state index is 9.09. The first-order chi connectivity index (χ1) is 7.33. The minimum absolute atomic E-state index is 0.516. The molecule has 2 heterocycles. The van der Waals surface area contributed by atoms with E-state index in [1.165, 1.54) is 0 Å². The molecule has 0 saturated heterocycles. The molecule has 0 spiro atoms. The fraction of sp³-hybridized carbons (Fsp3) is 0. The Bertz CT molecular complexity index is 651. The summed E-state index contributed by atoms with van der Waals surface area (Å²) < 4.78 is 11.5. The third kappa shape index (κ3) is 0.984. The van der Waals surface area contributed by atoms with Crippen LogP contribution in [0.25, 0.3) is 21.9 Å². The summed E-state index contributed by atoms with van der Waals surface area (Å²) in [5.74, 6) is 0. The van der Waals surface area contributed by atoms with Crippen molar-refractivity contribution in [2.24, 2.45) is 0 Å². The highest BCUT2D eigenvalue weighted by molar-refractivity contribution is 9.10. The average Bonchev–Trinajstić information content (AvgIpc) is 2.85. The van der Waals surface area contributed by atoms with E-state index in [0.717, 1.165) is 15.2 Å². The van der Waals surface area contributed by atoms with Gasteiger partial charge in [-0.1, -0.05) is 0 Å². The van der Waals surface area contributed by atoms with Crippen LogP contribution in [0.4, 0.5) is 0 Å². The number of hydrogen-bond donors (Lipinski definition) is 0. The van der Waals surface area contributed by atoms with Gasteiger partial charge >= 0.3 is 0 Å². The Morgan fingerprint density at radius 1 is 1.07 bits per heavy atom. The van der Waals surface area contributed by atoms with Crippen molar-refractivity contribution in [2.45, 2.75) is 0 Å². The van der Waals surface area contributed by atoms with Crippen LogP contribution in [0, 0.1) is 11.3 Å². The van der Waals surface area contributed by atoms with E-state index in [0.29, 0.717) is 16.7 Å². The Kier molecular flexibility index (Phi) is 1.64. The highest BCUT2D eigenvalue weighted by Crippen LogP contribution is 2.37. The number of nitriles is 1. The first-order valence-electron chi connectivity index (χ1n) is 4.29. The number of nitrogens with zero attached hydrogens (tertiary/aromatic N) is 1. The van der Waals surface area contributed by atoms with E-state index in [4.69, 9.17) is 14.1 Å². The van der Waals surface area contributed by atoms with Crippen molar-refractivity contribution in [3.63, 3.8) is 0 Å². The van der Waals surface area contributed by atoms with Gasteiger partial charge in [-0.3, -0.25) is 0 Å². The topological polar surface area (TPSA) is 50.1 Å². The van der Waals surface area contributed by atoms with Gasteiger partial charge in [-0.05, 0) is 28.1 Å². The molecule has 0 amide bonds. The molecule has 0 aliphatic carbocycles. The summed E-state index contributed by atoms with van der Waals surface area (Å²) in [6, 6.07) is 5.71. The zero-order valence-electron chi connectivity index (χ0n) is 7.45. The molecule has 0 bridgehead atoms. The van der Waals surface area contributed by atoms with E-state index < -0.39 is 0 Å². The van der Waals surface area contributed by atoms with Crippen LogP contribution in [-0.2, 0) is 0 Å². The number of furan rings is 2. The molecule has 4 heteroatoms. The molecule has 0 aliphatic heterocycles. The lowest BCUT2D eigenvalue weighted by Crippen LogP contribution is -1.79. The average molecular weight is 262 g/mol. The molecule has 0 atom stereocenters. The largest absolute Gasteiger partial charge is 0.463 e. The van der Waals surface area contributed by atoms with E-state index >= 15 is 0 Å². The van der Waals surface area contributed by atoms with Gasteiger partial charge in [0.2, 0.25) is 0 Å². The standard InChI is InChI=1S/C11H4BrNO2/c12-9-7-2-4-14-10(7)8(5-13)6-1-3-15-11(6)9/h1-4H. The van der Waals surface area contributed by atoms with Gasteiger partial charge in [-0.25, -0.2) is 0 Å². The molecular weight excluding hydrogens is 258 g/mol. The van der Waals surface area contributed by atoms with Gasteiger partial charge in [0, 0.05) is 10.8 Å². The lowest BCUT2D eigenvalue weighted by atomic mass is 10.1. The molecule has 72 valence electrons. The first-order valence-corrected chi connectivity index (χ1v) is 5.08. The van der Waals surface area contributed by atoms with Crippen molar-refractivity contribution in [2.75, 3.05) is 0 Å². The Labute approximate surface area is 93.0 Å².